The minimum absolute atomic E-state index is 0.345. The molecule has 0 aliphatic carbocycles. The van der Waals surface area contributed by atoms with E-state index in [9.17, 15) is 9.59 Å². The number of ether oxygens (including phenoxy) is 2. The number of hydrogen-bond donors (Lipinski definition) is 1. The van der Waals surface area contributed by atoms with Gasteiger partial charge in [-0.15, -0.1) is 0 Å². The topological polar surface area (TPSA) is 77.5 Å². The molecule has 1 aromatic heterocycles. The molecular formula is C31H24N2O4. The number of rotatable bonds is 8. The molecule has 0 spiro atoms. The molecule has 0 bridgehead atoms. The molecular weight excluding hydrogens is 464 g/mol. The highest BCUT2D eigenvalue weighted by Gasteiger charge is 2.17. The predicted octanol–water partition coefficient (Wildman–Crippen LogP) is 6.28. The second-order valence-electron chi connectivity index (χ2n) is 8.36. The molecule has 0 radical (unpaired) electrons. The Hall–Kier alpha value is -4.97. The number of benzene rings is 4. The molecule has 37 heavy (non-hydrogen) atoms. The Balaban J connectivity index is 1.32. The van der Waals surface area contributed by atoms with Gasteiger partial charge >= 0.3 is 5.97 Å². The smallest absolute Gasteiger partial charge is 0.339 e. The molecule has 1 amide bonds. The SMILES string of the molecule is O=C(COC(=O)c1cc(-c2ccc(OCc3ccccc3)cc2)nc2ccccc12)Nc1ccccc1. The van der Waals surface area contributed by atoms with Crippen LogP contribution in [0.25, 0.3) is 22.2 Å². The first kappa shape index (κ1) is 23.8. The summed E-state index contributed by atoms with van der Waals surface area (Å²) in [5, 5.41) is 3.36. The number of nitrogens with one attached hydrogen (secondary N) is 1. The third-order valence-corrected chi connectivity index (χ3v) is 5.73. The highest BCUT2D eigenvalue weighted by molar-refractivity contribution is 6.05. The van der Waals surface area contributed by atoms with Gasteiger partial charge in [-0.2, -0.15) is 0 Å². The Kier molecular flexibility index (Phi) is 7.18. The molecule has 0 aliphatic rings. The van der Waals surface area contributed by atoms with Crippen molar-refractivity contribution in [2.75, 3.05) is 11.9 Å². The minimum atomic E-state index is -0.592. The van der Waals surface area contributed by atoms with Gasteiger partial charge in [-0.05, 0) is 54.1 Å². The van der Waals surface area contributed by atoms with E-state index in [1.807, 2.05) is 97.1 Å². The zero-order chi connectivity index (χ0) is 25.5. The van der Waals surface area contributed by atoms with Crippen LogP contribution in [0.2, 0.25) is 0 Å². The normalized spacial score (nSPS) is 10.6. The average molecular weight is 489 g/mol. The molecule has 0 aliphatic heterocycles. The lowest BCUT2D eigenvalue weighted by Gasteiger charge is -2.11. The maximum atomic E-state index is 13.0. The maximum absolute atomic E-state index is 13.0. The van der Waals surface area contributed by atoms with Gasteiger partial charge in [0.15, 0.2) is 6.61 Å². The van der Waals surface area contributed by atoms with Crippen LogP contribution in [0.5, 0.6) is 5.75 Å². The zero-order valence-corrected chi connectivity index (χ0v) is 20.0. The van der Waals surface area contributed by atoms with E-state index < -0.39 is 18.5 Å². The van der Waals surface area contributed by atoms with Gasteiger partial charge in [-0.3, -0.25) is 4.79 Å². The molecule has 0 fully saturated rings. The Labute approximate surface area is 214 Å². The third kappa shape index (κ3) is 6.00. The van der Waals surface area contributed by atoms with Crippen LogP contribution in [-0.4, -0.2) is 23.5 Å². The van der Waals surface area contributed by atoms with Crippen molar-refractivity contribution in [2.45, 2.75) is 6.61 Å². The number of nitrogens with zero attached hydrogens (tertiary/aromatic N) is 1. The van der Waals surface area contributed by atoms with E-state index in [1.165, 1.54) is 0 Å². The summed E-state index contributed by atoms with van der Waals surface area (Å²) >= 11 is 0. The fourth-order valence-electron chi connectivity index (χ4n) is 3.88. The van der Waals surface area contributed by atoms with E-state index in [0.29, 0.717) is 34.5 Å². The van der Waals surface area contributed by atoms with Gasteiger partial charge in [-0.1, -0.05) is 66.7 Å². The highest BCUT2D eigenvalue weighted by Crippen LogP contribution is 2.27. The Morgan fingerprint density at radius 1 is 0.757 bits per heavy atom. The van der Waals surface area contributed by atoms with Crippen molar-refractivity contribution in [2.24, 2.45) is 0 Å². The third-order valence-electron chi connectivity index (χ3n) is 5.73. The van der Waals surface area contributed by atoms with Crippen LogP contribution >= 0.6 is 0 Å². The molecule has 1 N–H and O–H groups in total. The number of carbonyl (C=O) groups is 2. The van der Waals surface area contributed by atoms with E-state index >= 15 is 0 Å². The van der Waals surface area contributed by atoms with Crippen molar-refractivity contribution in [3.8, 4) is 17.0 Å². The van der Waals surface area contributed by atoms with Crippen LogP contribution in [0.3, 0.4) is 0 Å². The van der Waals surface area contributed by atoms with Gasteiger partial charge in [-0.25, -0.2) is 9.78 Å². The van der Waals surface area contributed by atoms with E-state index in [1.54, 1.807) is 18.2 Å². The number of carbonyl (C=O) groups excluding carboxylic acids is 2. The quantitative estimate of drug-likeness (QED) is 0.260. The number of esters is 1. The molecule has 5 aromatic rings. The monoisotopic (exact) mass is 488 g/mol. The van der Waals surface area contributed by atoms with Gasteiger partial charge in [0, 0.05) is 16.6 Å². The van der Waals surface area contributed by atoms with E-state index in [2.05, 4.69) is 5.32 Å². The van der Waals surface area contributed by atoms with Crippen LogP contribution < -0.4 is 10.1 Å². The summed E-state index contributed by atoms with van der Waals surface area (Å²) in [4.78, 5) is 30.0. The average Bonchev–Trinajstić information content (AvgIpc) is 2.95. The molecule has 4 aromatic carbocycles. The Morgan fingerprint density at radius 2 is 1.43 bits per heavy atom. The number of fused-ring (bicyclic) bond motifs is 1. The van der Waals surface area contributed by atoms with Gasteiger partial charge in [0.05, 0.1) is 16.8 Å². The largest absolute Gasteiger partial charge is 0.489 e. The summed E-state index contributed by atoms with van der Waals surface area (Å²) in [7, 11) is 0. The van der Waals surface area contributed by atoms with E-state index in [4.69, 9.17) is 14.5 Å². The number of pyridine rings is 1. The molecule has 0 atom stereocenters. The number of anilines is 1. The van der Waals surface area contributed by atoms with Crippen LogP contribution in [0.4, 0.5) is 5.69 Å². The number of aromatic nitrogens is 1. The molecule has 182 valence electrons. The summed E-state index contributed by atoms with van der Waals surface area (Å²) in [6.07, 6.45) is 0. The fourth-order valence-corrected chi connectivity index (χ4v) is 3.88. The number of para-hydroxylation sites is 2. The van der Waals surface area contributed by atoms with Gasteiger partial charge < -0.3 is 14.8 Å². The van der Waals surface area contributed by atoms with Crippen molar-refractivity contribution in [1.29, 1.82) is 0 Å². The fraction of sp³-hybridized carbons (Fsp3) is 0.0645. The lowest BCUT2D eigenvalue weighted by atomic mass is 10.0. The summed E-state index contributed by atoms with van der Waals surface area (Å²) in [6.45, 7) is 0.0788. The molecule has 0 unspecified atom stereocenters. The van der Waals surface area contributed by atoms with Crippen molar-refractivity contribution in [3.63, 3.8) is 0 Å². The van der Waals surface area contributed by atoms with Crippen molar-refractivity contribution in [3.05, 3.63) is 126 Å². The first-order valence-corrected chi connectivity index (χ1v) is 11.8. The second kappa shape index (κ2) is 11.2. The first-order valence-electron chi connectivity index (χ1n) is 11.8. The van der Waals surface area contributed by atoms with Crippen LogP contribution in [-0.2, 0) is 16.1 Å². The zero-order valence-electron chi connectivity index (χ0n) is 20.0. The lowest BCUT2D eigenvalue weighted by Crippen LogP contribution is -2.21. The Morgan fingerprint density at radius 3 is 2.19 bits per heavy atom. The van der Waals surface area contributed by atoms with Crippen molar-refractivity contribution in [1.82, 2.24) is 4.98 Å². The summed E-state index contributed by atoms with van der Waals surface area (Å²) in [6, 6.07) is 35.6. The molecule has 5 rings (SSSR count). The van der Waals surface area contributed by atoms with Crippen LogP contribution in [0.15, 0.2) is 115 Å². The standard InChI is InChI=1S/C31H24N2O4/c34-30(32-24-11-5-2-6-12-24)21-37-31(35)27-19-29(33-28-14-8-7-13-26(27)28)23-15-17-25(18-16-23)36-20-22-9-3-1-4-10-22/h1-19H,20-21H2,(H,32,34). The van der Waals surface area contributed by atoms with E-state index in [0.717, 1.165) is 16.9 Å². The summed E-state index contributed by atoms with van der Waals surface area (Å²) in [5.41, 5.74) is 4.17. The van der Waals surface area contributed by atoms with Crippen molar-refractivity contribution >= 4 is 28.5 Å². The van der Waals surface area contributed by atoms with Gasteiger partial charge in [0.1, 0.15) is 12.4 Å². The number of hydrogen-bond acceptors (Lipinski definition) is 5. The Bertz CT molecular complexity index is 1520. The van der Waals surface area contributed by atoms with E-state index in [-0.39, 0.29) is 0 Å². The molecule has 6 nitrogen and oxygen atoms in total. The number of amides is 1. The maximum Gasteiger partial charge on any atom is 0.339 e. The predicted molar refractivity (Wildman–Crippen MR) is 143 cm³/mol. The second-order valence-corrected chi connectivity index (χ2v) is 8.36. The lowest BCUT2D eigenvalue weighted by molar-refractivity contribution is -0.119. The molecule has 6 heteroatoms. The van der Waals surface area contributed by atoms with Gasteiger partial charge in [0.25, 0.3) is 5.91 Å². The summed E-state index contributed by atoms with van der Waals surface area (Å²) in [5.74, 6) is -0.271. The minimum Gasteiger partial charge on any atom is -0.489 e. The highest BCUT2D eigenvalue weighted by atomic mass is 16.5. The molecule has 0 saturated carbocycles. The first-order chi connectivity index (χ1) is 18.2. The summed E-state index contributed by atoms with van der Waals surface area (Å²) < 4.78 is 11.2. The van der Waals surface area contributed by atoms with Gasteiger partial charge in [0.2, 0.25) is 0 Å². The van der Waals surface area contributed by atoms with Crippen molar-refractivity contribution < 1.29 is 19.1 Å². The van der Waals surface area contributed by atoms with Crippen LogP contribution in [0.1, 0.15) is 15.9 Å². The van der Waals surface area contributed by atoms with Crippen LogP contribution in [0, 0.1) is 0 Å². The molecule has 0 saturated heterocycles. The molecule has 1 heterocycles.